The van der Waals surface area contributed by atoms with Crippen LogP contribution in [0.25, 0.3) is 0 Å². The SMILES string of the molecule is Cl.NC1=NCN(c2ccc(OCCOc3ccc(NC(=O)CBr)cc3)cc2)C(N)=N1. The van der Waals surface area contributed by atoms with Crippen molar-refractivity contribution in [2.75, 3.05) is 35.4 Å². The van der Waals surface area contributed by atoms with Crippen LogP contribution in [0.3, 0.4) is 0 Å². The van der Waals surface area contributed by atoms with E-state index in [1.54, 1.807) is 29.2 Å². The molecule has 0 spiro atoms. The summed E-state index contributed by atoms with van der Waals surface area (Å²) in [6.45, 7) is 1.10. The number of nitrogens with two attached hydrogens (primary N) is 2. The number of nitrogens with one attached hydrogen (secondary N) is 1. The number of nitrogens with zero attached hydrogens (tertiary/aromatic N) is 3. The van der Waals surface area contributed by atoms with E-state index in [0.717, 1.165) is 5.69 Å². The number of aliphatic imine (C=N–C) groups is 2. The van der Waals surface area contributed by atoms with Crippen molar-refractivity contribution in [3.05, 3.63) is 48.5 Å². The lowest BCUT2D eigenvalue weighted by Crippen LogP contribution is -2.42. The summed E-state index contributed by atoms with van der Waals surface area (Å²) in [5, 5.41) is 3.00. The monoisotopic (exact) mass is 496 g/mol. The molecule has 0 atom stereocenters. The first-order valence-electron chi connectivity index (χ1n) is 8.78. The lowest BCUT2D eigenvalue weighted by Gasteiger charge is -2.24. The van der Waals surface area contributed by atoms with Crippen molar-refractivity contribution >= 4 is 57.5 Å². The third kappa shape index (κ3) is 6.53. The molecule has 9 nitrogen and oxygen atoms in total. The summed E-state index contributed by atoms with van der Waals surface area (Å²) >= 11 is 3.10. The van der Waals surface area contributed by atoms with Crippen molar-refractivity contribution in [3.63, 3.8) is 0 Å². The Labute approximate surface area is 188 Å². The minimum Gasteiger partial charge on any atom is -0.490 e. The van der Waals surface area contributed by atoms with Gasteiger partial charge in [-0.25, -0.2) is 4.99 Å². The minimum atomic E-state index is -0.106. The van der Waals surface area contributed by atoms with Crippen molar-refractivity contribution in [2.24, 2.45) is 21.5 Å². The second-order valence-corrected chi connectivity index (χ2v) is 6.51. The normalized spacial score (nSPS) is 12.9. The summed E-state index contributed by atoms with van der Waals surface area (Å²) in [6, 6.07) is 14.6. The highest BCUT2D eigenvalue weighted by Gasteiger charge is 2.14. The minimum absolute atomic E-state index is 0. The zero-order chi connectivity index (χ0) is 20.6. The molecule has 160 valence electrons. The second kappa shape index (κ2) is 11.3. The molecule has 0 radical (unpaired) electrons. The molecule has 0 aliphatic carbocycles. The second-order valence-electron chi connectivity index (χ2n) is 5.95. The van der Waals surface area contributed by atoms with Crippen LogP contribution >= 0.6 is 28.3 Å². The number of carbonyl (C=O) groups is 1. The third-order valence-electron chi connectivity index (χ3n) is 3.91. The van der Waals surface area contributed by atoms with E-state index in [1.165, 1.54) is 0 Å². The topological polar surface area (TPSA) is 128 Å². The van der Waals surface area contributed by atoms with Gasteiger partial charge in [-0.2, -0.15) is 4.99 Å². The van der Waals surface area contributed by atoms with Crippen molar-refractivity contribution in [1.82, 2.24) is 0 Å². The highest BCUT2D eigenvalue weighted by molar-refractivity contribution is 9.09. The van der Waals surface area contributed by atoms with Crippen LogP contribution in [-0.2, 0) is 4.79 Å². The molecule has 0 aromatic heterocycles. The average molecular weight is 498 g/mol. The molecule has 0 bridgehead atoms. The molecule has 3 rings (SSSR count). The van der Waals surface area contributed by atoms with Crippen LogP contribution in [0.1, 0.15) is 0 Å². The van der Waals surface area contributed by atoms with Crippen LogP contribution < -0.4 is 31.2 Å². The van der Waals surface area contributed by atoms with E-state index < -0.39 is 0 Å². The largest absolute Gasteiger partial charge is 0.490 e. The molecule has 2 aromatic rings. The molecule has 1 aliphatic rings. The maximum absolute atomic E-state index is 11.3. The molecular formula is C19H22BrClN6O3. The van der Waals surface area contributed by atoms with Crippen LogP contribution in [0.5, 0.6) is 11.5 Å². The number of halogens is 2. The van der Waals surface area contributed by atoms with E-state index in [-0.39, 0.29) is 29.6 Å². The van der Waals surface area contributed by atoms with Gasteiger partial charge in [-0.3, -0.25) is 9.69 Å². The van der Waals surface area contributed by atoms with Crippen molar-refractivity contribution < 1.29 is 14.3 Å². The Morgan fingerprint density at radius 1 is 1.03 bits per heavy atom. The molecule has 1 aliphatic heterocycles. The summed E-state index contributed by atoms with van der Waals surface area (Å²) in [5.41, 5.74) is 13.0. The quantitative estimate of drug-likeness (QED) is 0.379. The van der Waals surface area contributed by atoms with Gasteiger partial charge < -0.3 is 26.3 Å². The summed E-state index contributed by atoms with van der Waals surface area (Å²) < 4.78 is 11.3. The molecule has 0 saturated carbocycles. The summed E-state index contributed by atoms with van der Waals surface area (Å²) in [5.74, 6) is 1.78. The standard InChI is InChI=1S/C19H21BrN6O3.ClH/c20-11-17(27)24-13-1-5-15(6-2-13)28-9-10-29-16-7-3-14(4-8-16)26-12-23-18(21)25-19(26)22;/h1-8H,9-12H2,(H,24,27)(H4,21,22,23,25);1H. The summed E-state index contributed by atoms with van der Waals surface area (Å²) in [4.78, 5) is 21.1. The first kappa shape index (κ1) is 23.3. The van der Waals surface area contributed by atoms with E-state index >= 15 is 0 Å². The Bertz CT molecular complexity index is 905. The van der Waals surface area contributed by atoms with Crippen LogP contribution in [0.15, 0.2) is 58.5 Å². The number of alkyl halides is 1. The van der Waals surface area contributed by atoms with Crippen LogP contribution in [0.4, 0.5) is 11.4 Å². The smallest absolute Gasteiger partial charge is 0.235 e. The number of ether oxygens (including phenoxy) is 2. The number of benzene rings is 2. The molecule has 0 unspecified atom stereocenters. The first-order chi connectivity index (χ1) is 14.0. The molecule has 5 N–H and O–H groups in total. The lowest BCUT2D eigenvalue weighted by molar-refractivity contribution is -0.113. The zero-order valence-electron chi connectivity index (χ0n) is 16.0. The Morgan fingerprint density at radius 2 is 1.60 bits per heavy atom. The van der Waals surface area contributed by atoms with Gasteiger partial charge in [0.05, 0.1) is 5.33 Å². The van der Waals surface area contributed by atoms with Gasteiger partial charge in [-0.15, -0.1) is 12.4 Å². The average Bonchev–Trinajstić information content (AvgIpc) is 2.73. The Kier molecular flexibility index (Phi) is 8.75. The fourth-order valence-corrected chi connectivity index (χ4v) is 2.65. The summed E-state index contributed by atoms with van der Waals surface area (Å²) in [6.07, 6.45) is 0. The van der Waals surface area contributed by atoms with Gasteiger partial charge >= 0.3 is 0 Å². The van der Waals surface area contributed by atoms with E-state index in [1.807, 2.05) is 24.3 Å². The Hall–Kier alpha value is -2.98. The number of carbonyl (C=O) groups excluding carboxylic acids is 1. The van der Waals surface area contributed by atoms with Crippen LogP contribution in [0.2, 0.25) is 0 Å². The van der Waals surface area contributed by atoms with Crippen molar-refractivity contribution in [3.8, 4) is 11.5 Å². The number of hydrogen-bond donors (Lipinski definition) is 3. The fraction of sp³-hybridized carbons (Fsp3) is 0.211. The number of guanidine groups is 2. The lowest BCUT2D eigenvalue weighted by atomic mass is 10.3. The molecular weight excluding hydrogens is 476 g/mol. The third-order valence-corrected chi connectivity index (χ3v) is 4.42. The van der Waals surface area contributed by atoms with Gasteiger partial charge in [-0.05, 0) is 48.5 Å². The van der Waals surface area contributed by atoms with E-state index in [4.69, 9.17) is 20.9 Å². The number of hydrogen-bond acceptors (Lipinski definition) is 8. The maximum atomic E-state index is 11.3. The van der Waals surface area contributed by atoms with Crippen molar-refractivity contribution in [1.29, 1.82) is 0 Å². The number of rotatable bonds is 8. The van der Waals surface area contributed by atoms with Crippen LogP contribution in [-0.4, -0.2) is 43.0 Å². The van der Waals surface area contributed by atoms with Gasteiger partial charge in [0.25, 0.3) is 0 Å². The van der Waals surface area contributed by atoms with Gasteiger partial charge in [-0.1, -0.05) is 15.9 Å². The van der Waals surface area contributed by atoms with Gasteiger partial charge in [0, 0.05) is 11.4 Å². The maximum Gasteiger partial charge on any atom is 0.235 e. The predicted molar refractivity (Wildman–Crippen MR) is 124 cm³/mol. The Balaban J connectivity index is 0.00000320. The molecule has 2 aromatic carbocycles. The molecule has 1 amide bonds. The van der Waals surface area contributed by atoms with Gasteiger partial charge in [0.2, 0.25) is 17.8 Å². The zero-order valence-corrected chi connectivity index (χ0v) is 18.4. The van der Waals surface area contributed by atoms with Gasteiger partial charge in [0.15, 0.2) is 0 Å². The molecule has 1 heterocycles. The molecule has 30 heavy (non-hydrogen) atoms. The summed E-state index contributed by atoms with van der Waals surface area (Å²) in [7, 11) is 0. The predicted octanol–water partition coefficient (Wildman–Crippen LogP) is 2.31. The number of anilines is 2. The van der Waals surface area contributed by atoms with Crippen LogP contribution in [0, 0.1) is 0 Å². The highest BCUT2D eigenvalue weighted by Crippen LogP contribution is 2.20. The van der Waals surface area contributed by atoms with E-state index in [9.17, 15) is 4.79 Å². The fourth-order valence-electron chi connectivity index (χ4n) is 2.51. The van der Waals surface area contributed by atoms with E-state index in [2.05, 4.69) is 31.2 Å². The van der Waals surface area contributed by atoms with E-state index in [0.29, 0.717) is 43.0 Å². The molecule has 0 fully saturated rings. The highest BCUT2D eigenvalue weighted by atomic mass is 79.9. The van der Waals surface area contributed by atoms with Gasteiger partial charge in [0.1, 0.15) is 31.4 Å². The molecule has 0 saturated heterocycles. The molecule has 11 heteroatoms. The first-order valence-corrected chi connectivity index (χ1v) is 9.90. The Morgan fingerprint density at radius 3 is 2.13 bits per heavy atom. The number of amides is 1. The van der Waals surface area contributed by atoms with Crippen molar-refractivity contribution in [2.45, 2.75) is 0 Å².